The van der Waals surface area contributed by atoms with Gasteiger partial charge in [0.25, 0.3) is 0 Å². The van der Waals surface area contributed by atoms with E-state index in [2.05, 4.69) is 5.92 Å². The average Bonchev–Trinajstić information content (AvgIpc) is 2.41. The molecule has 0 aromatic rings. The standard InChI is InChI=1S/C8H8O2/c1-2-3-4-5-8-6-9-7-10-8/h1,3-5H,6-7H2/b4-3-,8-5+. The molecule has 0 aromatic carbocycles. The molecule has 2 heteroatoms. The summed E-state index contributed by atoms with van der Waals surface area (Å²) in [5.41, 5.74) is 0. The molecule has 1 saturated heterocycles. The molecular formula is C8H8O2. The van der Waals surface area contributed by atoms with Gasteiger partial charge in [0, 0.05) is 0 Å². The van der Waals surface area contributed by atoms with Gasteiger partial charge in [-0.15, -0.1) is 6.42 Å². The quantitative estimate of drug-likeness (QED) is 0.502. The molecule has 0 N–H and O–H groups in total. The Labute approximate surface area is 60.1 Å². The van der Waals surface area contributed by atoms with Crippen molar-refractivity contribution in [1.82, 2.24) is 0 Å². The highest BCUT2D eigenvalue weighted by Crippen LogP contribution is 2.05. The van der Waals surface area contributed by atoms with Crippen LogP contribution in [0.3, 0.4) is 0 Å². The van der Waals surface area contributed by atoms with Gasteiger partial charge in [-0.05, 0) is 12.2 Å². The molecule has 10 heavy (non-hydrogen) atoms. The Bertz CT molecular complexity index is 188. The third-order valence-electron chi connectivity index (χ3n) is 1.05. The number of ether oxygens (including phenoxy) is 2. The van der Waals surface area contributed by atoms with Gasteiger partial charge < -0.3 is 9.47 Å². The molecule has 1 aliphatic heterocycles. The lowest BCUT2D eigenvalue weighted by Crippen LogP contribution is -1.79. The molecule has 0 spiro atoms. The Morgan fingerprint density at radius 2 is 2.50 bits per heavy atom. The normalized spacial score (nSPS) is 21.3. The lowest BCUT2D eigenvalue weighted by Gasteiger charge is -1.88. The molecule has 0 radical (unpaired) electrons. The number of terminal acetylenes is 1. The van der Waals surface area contributed by atoms with Crippen molar-refractivity contribution in [2.45, 2.75) is 0 Å². The molecule has 1 fully saturated rings. The lowest BCUT2D eigenvalue weighted by atomic mass is 10.4. The van der Waals surface area contributed by atoms with Gasteiger partial charge in [0.15, 0.2) is 6.79 Å². The summed E-state index contributed by atoms with van der Waals surface area (Å²) in [6.07, 6.45) is 10.1. The van der Waals surface area contributed by atoms with E-state index in [1.54, 1.807) is 18.2 Å². The van der Waals surface area contributed by atoms with Crippen molar-refractivity contribution in [3.8, 4) is 12.3 Å². The van der Waals surface area contributed by atoms with E-state index in [4.69, 9.17) is 15.9 Å². The summed E-state index contributed by atoms with van der Waals surface area (Å²) in [6.45, 7) is 0.907. The third kappa shape index (κ3) is 1.96. The van der Waals surface area contributed by atoms with Gasteiger partial charge in [-0.1, -0.05) is 12.0 Å². The van der Waals surface area contributed by atoms with Crippen LogP contribution < -0.4 is 0 Å². The maximum Gasteiger partial charge on any atom is 0.189 e. The number of hydrogen-bond acceptors (Lipinski definition) is 2. The van der Waals surface area contributed by atoms with Crippen LogP contribution in [0.5, 0.6) is 0 Å². The maximum absolute atomic E-state index is 5.02. The molecule has 2 nitrogen and oxygen atoms in total. The van der Waals surface area contributed by atoms with Gasteiger partial charge in [-0.2, -0.15) is 0 Å². The highest BCUT2D eigenvalue weighted by atomic mass is 16.7. The summed E-state index contributed by atoms with van der Waals surface area (Å²) >= 11 is 0. The largest absolute Gasteiger partial charge is 0.469 e. The summed E-state index contributed by atoms with van der Waals surface area (Å²) in [6, 6.07) is 0. The highest BCUT2D eigenvalue weighted by Gasteiger charge is 2.04. The fourth-order valence-electron chi connectivity index (χ4n) is 0.608. The monoisotopic (exact) mass is 136 g/mol. The lowest BCUT2D eigenvalue weighted by molar-refractivity contribution is 0.0800. The smallest absolute Gasteiger partial charge is 0.189 e. The maximum atomic E-state index is 5.02. The zero-order valence-corrected chi connectivity index (χ0v) is 5.54. The topological polar surface area (TPSA) is 18.5 Å². The first-order valence-corrected chi connectivity index (χ1v) is 2.96. The average molecular weight is 136 g/mol. The number of hydrogen-bond donors (Lipinski definition) is 0. The van der Waals surface area contributed by atoms with E-state index >= 15 is 0 Å². The van der Waals surface area contributed by atoms with Crippen molar-refractivity contribution >= 4 is 0 Å². The zero-order chi connectivity index (χ0) is 7.23. The van der Waals surface area contributed by atoms with Crippen molar-refractivity contribution in [1.29, 1.82) is 0 Å². The summed E-state index contributed by atoms with van der Waals surface area (Å²) < 4.78 is 9.93. The van der Waals surface area contributed by atoms with Crippen LogP contribution in [0, 0.1) is 12.3 Å². The molecule has 52 valence electrons. The first kappa shape index (κ1) is 6.91. The fraction of sp³-hybridized carbons (Fsp3) is 0.250. The molecular weight excluding hydrogens is 128 g/mol. The van der Waals surface area contributed by atoms with Crippen molar-refractivity contribution < 1.29 is 9.47 Å². The minimum atomic E-state index is 0.357. The molecule has 0 aliphatic carbocycles. The molecule has 0 atom stereocenters. The fourth-order valence-corrected chi connectivity index (χ4v) is 0.608. The van der Waals surface area contributed by atoms with Crippen molar-refractivity contribution in [2.24, 2.45) is 0 Å². The van der Waals surface area contributed by atoms with Crippen molar-refractivity contribution in [2.75, 3.05) is 13.4 Å². The van der Waals surface area contributed by atoms with Gasteiger partial charge >= 0.3 is 0 Å². The van der Waals surface area contributed by atoms with E-state index in [0.29, 0.717) is 13.4 Å². The Hall–Kier alpha value is -1.20. The summed E-state index contributed by atoms with van der Waals surface area (Å²) in [5, 5.41) is 0. The van der Waals surface area contributed by atoms with Crippen LogP contribution in [0.1, 0.15) is 0 Å². The van der Waals surface area contributed by atoms with Crippen LogP contribution >= 0.6 is 0 Å². The second-order valence-electron chi connectivity index (χ2n) is 1.77. The number of allylic oxidation sites excluding steroid dienone is 3. The summed E-state index contributed by atoms with van der Waals surface area (Å²) in [7, 11) is 0. The van der Waals surface area contributed by atoms with E-state index < -0.39 is 0 Å². The summed E-state index contributed by atoms with van der Waals surface area (Å²) in [4.78, 5) is 0. The SMILES string of the molecule is C#C/C=C\C=C1/COCO1. The van der Waals surface area contributed by atoms with Crippen LogP contribution in [0.25, 0.3) is 0 Å². The molecule has 0 saturated carbocycles. The molecule has 0 unspecified atom stereocenters. The molecule has 0 aromatic heterocycles. The molecule has 1 aliphatic rings. The van der Waals surface area contributed by atoms with Crippen molar-refractivity contribution in [3.05, 3.63) is 24.0 Å². The first-order chi connectivity index (χ1) is 4.93. The number of rotatable bonds is 1. The van der Waals surface area contributed by atoms with E-state index in [0.717, 1.165) is 5.76 Å². The Morgan fingerprint density at radius 3 is 3.10 bits per heavy atom. The predicted octanol–water partition coefficient (Wildman–Crippen LogP) is 1.06. The third-order valence-corrected chi connectivity index (χ3v) is 1.05. The van der Waals surface area contributed by atoms with Gasteiger partial charge in [-0.3, -0.25) is 0 Å². The van der Waals surface area contributed by atoms with Crippen LogP contribution in [0.4, 0.5) is 0 Å². The van der Waals surface area contributed by atoms with Gasteiger partial charge in [0.2, 0.25) is 0 Å². The minimum Gasteiger partial charge on any atom is -0.469 e. The van der Waals surface area contributed by atoms with Crippen LogP contribution in [0.15, 0.2) is 24.0 Å². The van der Waals surface area contributed by atoms with Crippen LogP contribution in [-0.2, 0) is 9.47 Å². The molecule has 1 rings (SSSR count). The Kier molecular flexibility index (Phi) is 2.60. The second-order valence-corrected chi connectivity index (χ2v) is 1.77. The van der Waals surface area contributed by atoms with Crippen molar-refractivity contribution in [3.63, 3.8) is 0 Å². The first-order valence-electron chi connectivity index (χ1n) is 2.96. The van der Waals surface area contributed by atoms with Gasteiger partial charge in [0.1, 0.15) is 12.4 Å². The van der Waals surface area contributed by atoms with E-state index in [1.807, 2.05) is 0 Å². The Balaban J connectivity index is 2.40. The van der Waals surface area contributed by atoms with E-state index in [-0.39, 0.29) is 0 Å². The van der Waals surface area contributed by atoms with Crippen LogP contribution in [-0.4, -0.2) is 13.4 Å². The summed E-state index contributed by atoms with van der Waals surface area (Å²) in [5.74, 6) is 3.20. The van der Waals surface area contributed by atoms with E-state index in [9.17, 15) is 0 Å². The molecule has 0 amide bonds. The van der Waals surface area contributed by atoms with E-state index in [1.165, 1.54) is 0 Å². The van der Waals surface area contributed by atoms with Gasteiger partial charge in [0.05, 0.1) is 0 Å². The highest BCUT2D eigenvalue weighted by molar-refractivity contribution is 5.17. The molecule has 0 bridgehead atoms. The second kappa shape index (κ2) is 3.76. The molecule has 1 heterocycles. The Morgan fingerprint density at radius 1 is 1.60 bits per heavy atom. The van der Waals surface area contributed by atoms with Gasteiger partial charge in [-0.25, -0.2) is 0 Å². The minimum absolute atomic E-state index is 0.357. The zero-order valence-electron chi connectivity index (χ0n) is 5.54. The predicted molar refractivity (Wildman–Crippen MR) is 38.0 cm³/mol. The van der Waals surface area contributed by atoms with Crippen LogP contribution in [0.2, 0.25) is 0 Å².